The van der Waals surface area contributed by atoms with Gasteiger partial charge in [-0.1, -0.05) is 32.9 Å². The minimum atomic E-state index is -0.566. The van der Waals surface area contributed by atoms with Crippen LogP contribution >= 0.6 is 0 Å². The summed E-state index contributed by atoms with van der Waals surface area (Å²) in [7, 11) is 0. The Bertz CT molecular complexity index is 1050. The van der Waals surface area contributed by atoms with Gasteiger partial charge in [0.15, 0.2) is 12.3 Å². The largest absolute Gasteiger partial charge is 0.452 e. The van der Waals surface area contributed by atoms with Gasteiger partial charge in [-0.05, 0) is 49.9 Å². The van der Waals surface area contributed by atoms with Gasteiger partial charge >= 0.3 is 5.97 Å². The van der Waals surface area contributed by atoms with Crippen LogP contribution in [0.4, 0.5) is 5.69 Å². The van der Waals surface area contributed by atoms with Gasteiger partial charge in [0, 0.05) is 17.4 Å². The Hall–Kier alpha value is -3.22. The van der Waals surface area contributed by atoms with E-state index in [-0.39, 0.29) is 24.5 Å². The molecule has 0 unspecified atom stereocenters. The van der Waals surface area contributed by atoms with E-state index in [4.69, 9.17) is 4.74 Å². The lowest BCUT2D eigenvalue weighted by Gasteiger charge is -2.12. The van der Waals surface area contributed by atoms with Crippen LogP contribution < -0.4 is 5.32 Å². The van der Waals surface area contributed by atoms with Crippen LogP contribution in [-0.2, 0) is 16.0 Å². The lowest BCUT2D eigenvalue weighted by atomic mass is 10.1. The van der Waals surface area contributed by atoms with Gasteiger partial charge < -0.3 is 10.1 Å². The molecule has 30 heavy (non-hydrogen) atoms. The third kappa shape index (κ3) is 4.67. The number of carbonyl (C=O) groups is 2. The number of amides is 1. The van der Waals surface area contributed by atoms with Gasteiger partial charge in [0.2, 0.25) is 0 Å². The highest BCUT2D eigenvalue weighted by Crippen LogP contribution is 2.25. The highest BCUT2D eigenvalue weighted by Gasteiger charge is 2.20. The van der Waals surface area contributed by atoms with Crippen molar-refractivity contribution in [1.82, 2.24) is 14.8 Å². The summed E-state index contributed by atoms with van der Waals surface area (Å²) in [5.74, 6) is -0.824. The van der Waals surface area contributed by atoms with Crippen molar-refractivity contribution in [3.63, 3.8) is 0 Å². The van der Waals surface area contributed by atoms with Gasteiger partial charge in [0.25, 0.3) is 5.91 Å². The molecule has 0 aliphatic heterocycles. The zero-order valence-corrected chi connectivity index (χ0v) is 18.1. The number of anilines is 1. The van der Waals surface area contributed by atoms with Crippen molar-refractivity contribution in [3.8, 4) is 0 Å². The summed E-state index contributed by atoms with van der Waals surface area (Å²) >= 11 is 0. The zero-order valence-electron chi connectivity index (χ0n) is 18.1. The predicted octanol–water partition coefficient (Wildman–Crippen LogP) is 4.49. The molecule has 2 aromatic heterocycles. The average Bonchev–Trinajstić information content (AvgIpc) is 3.16. The summed E-state index contributed by atoms with van der Waals surface area (Å²) in [6, 6.07) is 9.40. The van der Waals surface area contributed by atoms with Crippen LogP contribution in [0.2, 0.25) is 0 Å². The molecule has 3 aromatic rings. The zero-order chi connectivity index (χ0) is 21.8. The number of ether oxygens (including phenoxy) is 1. The first kappa shape index (κ1) is 21.5. The standard InChI is InChI=1S/C23H28N4O3/c1-6-16-7-9-17(10-8-16)25-21(28)13-30-23(29)18-11-20(14(2)3)26-22-19(18)12-24-27(22)15(4)5/h7-12,14-15H,6,13H2,1-5H3,(H,25,28). The van der Waals surface area contributed by atoms with Gasteiger partial charge in [0.1, 0.15) is 0 Å². The molecular formula is C23H28N4O3. The smallest absolute Gasteiger partial charge is 0.339 e. The number of carbonyl (C=O) groups excluding carboxylic acids is 2. The molecule has 0 aliphatic carbocycles. The number of hydrogen-bond donors (Lipinski definition) is 1. The maximum absolute atomic E-state index is 12.8. The van der Waals surface area contributed by atoms with Crippen LogP contribution in [0, 0.1) is 0 Å². The molecule has 1 amide bonds. The van der Waals surface area contributed by atoms with Gasteiger partial charge in [-0.3, -0.25) is 4.79 Å². The summed E-state index contributed by atoms with van der Waals surface area (Å²) in [6.45, 7) is 9.73. The number of esters is 1. The van der Waals surface area contributed by atoms with Crippen LogP contribution in [0.1, 0.15) is 68.2 Å². The Balaban J connectivity index is 1.76. The monoisotopic (exact) mass is 408 g/mol. The number of fused-ring (bicyclic) bond motifs is 1. The van der Waals surface area contributed by atoms with E-state index in [0.29, 0.717) is 22.3 Å². The molecule has 7 heteroatoms. The Labute approximate surface area is 176 Å². The van der Waals surface area contributed by atoms with Crippen LogP contribution in [0.15, 0.2) is 36.5 Å². The van der Waals surface area contributed by atoms with Crippen molar-refractivity contribution in [2.45, 2.75) is 53.0 Å². The van der Waals surface area contributed by atoms with Gasteiger partial charge in [-0.25, -0.2) is 14.5 Å². The van der Waals surface area contributed by atoms with Crippen molar-refractivity contribution >= 4 is 28.6 Å². The van der Waals surface area contributed by atoms with E-state index in [1.165, 1.54) is 5.56 Å². The Kier molecular flexibility index (Phi) is 6.50. The van der Waals surface area contributed by atoms with Crippen LogP contribution in [0.3, 0.4) is 0 Å². The SMILES string of the molecule is CCc1ccc(NC(=O)COC(=O)c2cc(C(C)C)nc3c2cnn3C(C)C)cc1. The molecule has 2 heterocycles. The molecule has 0 saturated carbocycles. The first-order valence-corrected chi connectivity index (χ1v) is 10.2. The highest BCUT2D eigenvalue weighted by atomic mass is 16.5. The van der Waals surface area contributed by atoms with Gasteiger partial charge in [0.05, 0.1) is 17.1 Å². The van der Waals surface area contributed by atoms with E-state index in [1.54, 1.807) is 16.9 Å². The van der Waals surface area contributed by atoms with Crippen LogP contribution in [-0.4, -0.2) is 33.2 Å². The molecule has 0 bridgehead atoms. The topological polar surface area (TPSA) is 86.1 Å². The summed E-state index contributed by atoms with van der Waals surface area (Å²) < 4.78 is 7.09. The number of nitrogens with zero attached hydrogens (tertiary/aromatic N) is 3. The van der Waals surface area contributed by atoms with Crippen molar-refractivity contribution < 1.29 is 14.3 Å². The summed E-state index contributed by atoms with van der Waals surface area (Å²) in [5, 5.41) is 7.73. The molecule has 1 N–H and O–H groups in total. The lowest BCUT2D eigenvalue weighted by Crippen LogP contribution is -2.21. The first-order valence-electron chi connectivity index (χ1n) is 10.2. The number of hydrogen-bond acceptors (Lipinski definition) is 5. The molecule has 0 fully saturated rings. The number of rotatable bonds is 7. The molecule has 0 atom stereocenters. The molecular weight excluding hydrogens is 380 g/mol. The van der Waals surface area contributed by atoms with Crippen molar-refractivity contribution in [3.05, 3.63) is 53.3 Å². The average molecular weight is 409 g/mol. The second-order valence-corrected chi connectivity index (χ2v) is 7.84. The van der Waals surface area contributed by atoms with Crippen LogP contribution in [0.5, 0.6) is 0 Å². The number of nitrogens with one attached hydrogen (secondary N) is 1. The third-order valence-corrected chi connectivity index (χ3v) is 4.87. The number of aryl methyl sites for hydroxylation is 1. The van der Waals surface area contributed by atoms with Crippen molar-refractivity contribution in [2.24, 2.45) is 0 Å². The normalized spacial score (nSPS) is 11.3. The predicted molar refractivity (Wildman–Crippen MR) is 117 cm³/mol. The second-order valence-electron chi connectivity index (χ2n) is 7.84. The second kappa shape index (κ2) is 9.07. The van der Waals surface area contributed by atoms with Gasteiger partial charge in [-0.15, -0.1) is 0 Å². The minimum absolute atomic E-state index is 0.103. The van der Waals surface area contributed by atoms with Crippen molar-refractivity contribution in [1.29, 1.82) is 0 Å². The summed E-state index contributed by atoms with van der Waals surface area (Å²) in [4.78, 5) is 29.7. The molecule has 1 aromatic carbocycles. The minimum Gasteiger partial charge on any atom is -0.452 e. The van der Waals surface area contributed by atoms with E-state index in [1.807, 2.05) is 52.0 Å². The van der Waals surface area contributed by atoms with E-state index in [9.17, 15) is 9.59 Å². The van der Waals surface area contributed by atoms with Crippen molar-refractivity contribution in [2.75, 3.05) is 11.9 Å². The van der Waals surface area contributed by atoms with E-state index >= 15 is 0 Å². The summed E-state index contributed by atoms with van der Waals surface area (Å²) in [6.07, 6.45) is 2.55. The molecule has 0 saturated heterocycles. The van der Waals surface area contributed by atoms with E-state index < -0.39 is 5.97 Å². The number of pyridine rings is 1. The molecule has 7 nitrogen and oxygen atoms in total. The fourth-order valence-corrected chi connectivity index (χ4v) is 3.11. The molecule has 3 rings (SSSR count). The molecule has 0 spiro atoms. The fourth-order valence-electron chi connectivity index (χ4n) is 3.11. The number of aromatic nitrogens is 3. The Morgan fingerprint density at radius 3 is 2.43 bits per heavy atom. The Morgan fingerprint density at radius 2 is 1.83 bits per heavy atom. The fraction of sp³-hybridized carbons (Fsp3) is 0.391. The number of benzene rings is 1. The Morgan fingerprint density at radius 1 is 1.13 bits per heavy atom. The third-order valence-electron chi connectivity index (χ3n) is 4.87. The van der Waals surface area contributed by atoms with Gasteiger partial charge in [-0.2, -0.15) is 5.10 Å². The molecule has 0 radical (unpaired) electrons. The van der Waals surface area contributed by atoms with E-state index in [2.05, 4.69) is 22.3 Å². The first-order chi connectivity index (χ1) is 14.3. The maximum Gasteiger partial charge on any atom is 0.339 e. The quantitative estimate of drug-likeness (QED) is 0.582. The lowest BCUT2D eigenvalue weighted by molar-refractivity contribution is -0.119. The van der Waals surface area contributed by atoms with E-state index in [0.717, 1.165) is 12.1 Å². The molecule has 0 aliphatic rings. The summed E-state index contributed by atoms with van der Waals surface area (Å²) in [5.41, 5.74) is 3.64. The van der Waals surface area contributed by atoms with Crippen LogP contribution in [0.25, 0.3) is 11.0 Å². The molecule has 158 valence electrons. The highest BCUT2D eigenvalue weighted by molar-refractivity contribution is 6.03. The maximum atomic E-state index is 12.8.